The summed E-state index contributed by atoms with van der Waals surface area (Å²) in [7, 11) is 0. The van der Waals surface area contributed by atoms with E-state index < -0.39 is 5.97 Å². The van der Waals surface area contributed by atoms with Gasteiger partial charge in [-0.2, -0.15) is 0 Å². The fraction of sp³-hybridized carbons (Fsp3) is 0.121. The Kier molecular flexibility index (Phi) is 7.83. The van der Waals surface area contributed by atoms with Crippen molar-refractivity contribution >= 4 is 45.7 Å². The molecule has 0 saturated carbocycles. The lowest BCUT2D eigenvalue weighted by atomic mass is 9.99. The summed E-state index contributed by atoms with van der Waals surface area (Å²) in [5.41, 5.74) is 5.45. The van der Waals surface area contributed by atoms with Crippen LogP contribution in [0.4, 0.5) is 22.9 Å². The maximum atomic E-state index is 11.7. The summed E-state index contributed by atoms with van der Waals surface area (Å²) in [4.78, 5) is 20.4. The molecule has 5 aromatic rings. The van der Waals surface area contributed by atoms with Gasteiger partial charge in [-0.15, -0.1) is 0 Å². The first-order chi connectivity index (χ1) is 19.8. The number of aryl methyl sites for hydroxylation is 2. The van der Waals surface area contributed by atoms with Gasteiger partial charge in [-0.1, -0.05) is 53.6 Å². The molecular weight excluding hydrogens is 516 g/mol. The Bertz CT molecular complexity index is 1730. The predicted octanol–water partition coefficient (Wildman–Crippen LogP) is 7.69. The summed E-state index contributed by atoms with van der Waals surface area (Å²) in [5, 5.41) is 39.5. The number of pyridine rings is 2. The quantitative estimate of drug-likeness (QED) is 0.119. The van der Waals surface area contributed by atoms with Crippen LogP contribution in [0.1, 0.15) is 29.5 Å². The number of benzene rings is 3. The van der Waals surface area contributed by atoms with Gasteiger partial charge in [0.25, 0.3) is 0 Å². The third-order valence-corrected chi connectivity index (χ3v) is 6.62. The van der Waals surface area contributed by atoms with E-state index in [1.807, 2.05) is 68.4 Å². The van der Waals surface area contributed by atoms with Gasteiger partial charge in [-0.05, 0) is 62.7 Å². The molecule has 0 aliphatic carbocycles. The third-order valence-electron chi connectivity index (χ3n) is 6.62. The lowest BCUT2D eigenvalue weighted by Crippen LogP contribution is -2.04. The molecule has 206 valence electrons. The molecule has 0 fully saturated rings. The molecule has 5 rings (SSSR count). The highest BCUT2D eigenvalue weighted by atomic mass is 16.4. The van der Waals surface area contributed by atoms with E-state index in [-0.39, 0.29) is 24.3 Å². The van der Waals surface area contributed by atoms with Crippen molar-refractivity contribution in [2.75, 3.05) is 10.6 Å². The molecule has 8 heteroatoms. The predicted molar refractivity (Wildman–Crippen MR) is 163 cm³/mol. The van der Waals surface area contributed by atoms with Gasteiger partial charge in [-0.25, -0.2) is 4.98 Å². The number of hydrogen-bond donors (Lipinski definition) is 5. The molecule has 8 nitrogen and oxygen atoms in total. The van der Waals surface area contributed by atoms with Gasteiger partial charge < -0.3 is 26.0 Å². The second-order valence-corrected chi connectivity index (χ2v) is 9.80. The summed E-state index contributed by atoms with van der Waals surface area (Å²) in [6.07, 6.45) is 5.15. The third kappa shape index (κ3) is 6.12. The number of allylic oxidation sites excluding steroid dienone is 1. The highest BCUT2D eigenvalue weighted by Gasteiger charge is 2.24. The molecule has 2 aromatic heterocycles. The monoisotopic (exact) mass is 546 g/mol. The molecule has 0 atom stereocenters. The molecule has 41 heavy (non-hydrogen) atoms. The van der Waals surface area contributed by atoms with E-state index in [0.717, 1.165) is 22.5 Å². The maximum absolute atomic E-state index is 11.7. The molecule has 0 radical (unpaired) electrons. The summed E-state index contributed by atoms with van der Waals surface area (Å²) in [6.45, 7) is 4.01. The number of nitrogens with one attached hydrogen (secondary N) is 2. The fourth-order valence-electron chi connectivity index (χ4n) is 4.50. The van der Waals surface area contributed by atoms with Crippen molar-refractivity contribution in [1.82, 2.24) is 9.97 Å². The molecule has 0 unspecified atom stereocenters. The van der Waals surface area contributed by atoms with Crippen LogP contribution in [0.25, 0.3) is 28.2 Å². The number of aromatic nitrogens is 2. The fourth-order valence-corrected chi connectivity index (χ4v) is 4.50. The zero-order chi connectivity index (χ0) is 28.9. The first-order valence-corrected chi connectivity index (χ1v) is 13.2. The van der Waals surface area contributed by atoms with Crippen molar-refractivity contribution in [3.8, 4) is 22.9 Å². The van der Waals surface area contributed by atoms with Crippen LogP contribution in [0.2, 0.25) is 0 Å². The molecule has 0 aliphatic rings. The molecule has 5 N–H and O–H groups in total. The minimum atomic E-state index is -0.914. The number of carbonyl (C=O) groups is 1. The number of aliphatic carboxylic acids is 1. The molecule has 0 aliphatic heterocycles. The van der Waals surface area contributed by atoms with Gasteiger partial charge in [-0.3, -0.25) is 9.78 Å². The normalized spacial score (nSPS) is 11.2. The minimum absolute atomic E-state index is 0.0462. The van der Waals surface area contributed by atoms with Crippen molar-refractivity contribution in [3.63, 3.8) is 0 Å². The summed E-state index contributed by atoms with van der Waals surface area (Å²) in [6, 6.07) is 22.5. The number of hydrogen-bond acceptors (Lipinski definition) is 7. The van der Waals surface area contributed by atoms with Crippen LogP contribution in [0.3, 0.4) is 0 Å². The maximum Gasteiger partial charge on any atom is 0.303 e. The molecule has 3 aromatic carbocycles. The molecule has 2 heterocycles. The highest BCUT2D eigenvalue weighted by molar-refractivity contribution is 6.13. The largest absolute Gasteiger partial charge is 0.507 e. The Labute approximate surface area is 237 Å². The van der Waals surface area contributed by atoms with E-state index in [1.54, 1.807) is 30.5 Å². The Hall–Kier alpha value is -5.37. The average Bonchev–Trinajstić information content (AvgIpc) is 2.96. The first kappa shape index (κ1) is 27.2. The van der Waals surface area contributed by atoms with Crippen molar-refractivity contribution in [2.45, 2.75) is 26.7 Å². The summed E-state index contributed by atoms with van der Waals surface area (Å²) in [5.74, 6) is -0.685. The SMILES string of the molecule is Cc1ccc(Nc2nc(-c3ccccn3)c3c(O)cc(C=CCCC(=O)O)c(O)c3c2Nc2ccc(C)cc2)cc1. The van der Waals surface area contributed by atoms with Gasteiger partial charge in [0.15, 0.2) is 5.82 Å². The second kappa shape index (κ2) is 11.8. The van der Waals surface area contributed by atoms with E-state index in [1.165, 1.54) is 6.07 Å². The van der Waals surface area contributed by atoms with Crippen molar-refractivity contribution in [2.24, 2.45) is 0 Å². The van der Waals surface area contributed by atoms with Crippen LogP contribution >= 0.6 is 0 Å². The molecular formula is C33H30N4O4. The number of carboxylic acid groups (broad SMARTS) is 1. The number of fused-ring (bicyclic) bond motifs is 1. The molecule has 0 amide bonds. The van der Waals surface area contributed by atoms with E-state index in [0.29, 0.717) is 39.2 Å². The van der Waals surface area contributed by atoms with Crippen LogP contribution < -0.4 is 10.6 Å². The van der Waals surface area contributed by atoms with Crippen molar-refractivity contribution in [1.29, 1.82) is 0 Å². The Morgan fingerprint density at radius 3 is 2.15 bits per heavy atom. The molecule has 0 spiro atoms. The Balaban J connectivity index is 1.79. The number of aromatic hydroxyl groups is 2. The van der Waals surface area contributed by atoms with Gasteiger partial charge in [0, 0.05) is 29.6 Å². The summed E-state index contributed by atoms with van der Waals surface area (Å²) < 4.78 is 0. The van der Waals surface area contributed by atoms with Crippen LogP contribution in [0.15, 0.2) is 85.1 Å². The van der Waals surface area contributed by atoms with E-state index in [9.17, 15) is 15.0 Å². The highest BCUT2D eigenvalue weighted by Crippen LogP contribution is 2.48. The second-order valence-electron chi connectivity index (χ2n) is 9.80. The van der Waals surface area contributed by atoms with Crippen molar-refractivity contribution < 1.29 is 20.1 Å². The van der Waals surface area contributed by atoms with E-state index >= 15 is 0 Å². The van der Waals surface area contributed by atoms with Crippen LogP contribution in [-0.2, 0) is 4.79 Å². The van der Waals surface area contributed by atoms with Gasteiger partial charge in [0.2, 0.25) is 0 Å². The lowest BCUT2D eigenvalue weighted by molar-refractivity contribution is -0.136. The molecule has 0 bridgehead atoms. The van der Waals surface area contributed by atoms with Gasteiger partial charge >= 0.3 is 5.97 Å². The number of phenols is 2. The van der Waals surface area contributed by atoms with E-state index in [2.05, 4.69) is 15.6 Å². The number of nitrogens with zero attached hydrogens (tertiary/aromatic N) is 2. The zero-order valence-electron chi connectivity index (χ0n) is 22.7. The van der Waals surface area contributed by atoms with Gasteiger partial charge in [0.1, 0.15) is 17.2 Å². The van der Waals surface area contributed by atoms with Crippen LogP contribution in [-0.4, -0.2) is 31.3 Å². The number of phenolic OH excluding ortho intramolecular Hbond substituents is 2. The van der Waals surface area contributed by atoms with E-state index in [4.69, 9.17) is 10.1 Å². The Morgan fingerprint density at radius 1 is 0.878 bits per heavy atom. The lowest BCUT2D eigenvalue weighted by Gasteiger charge is -2.20. The zero-order valence-corrected chi connectivity index (χ0v) is 22.7. The van der Waals surface area contributed by atoms with Crippen LogP contribution in [0.5, 0.6) is 11.5 Å². The molecule has 0 saturated heterocycles. The van der Waals surface area contributed by atoms with Crippen molar-refractivity contribution in [3.05, 3.63) is 102 Å². The summed E-state index contributed by atoms with van der Waals surface area (Å²) >= 11 is 0. The minimum Gasteiger partial charge on any atom is -0.507 e. The first-order valence-electron chi connectivity index (χ1n) is 13.2. The smallest absolute Gasteiger partial charge is 0.303 e. The number of rotatable bonds is 9. The Morgan fingerprint density at radius 2 is 1.54 bits per heavy atom. The number of carboxylic acids is 1. The van der Waals surface area contributed by atoms with Crippen LogP contribution in [0, 0.1) is 13.8 Å². The standard InChI is InChI=1S/C33H30N4O4/c1-20-10-14-23(15-11-20)35-31-29-28(26(38)19-22(32(29)41)7-3-4-9-27(39)40)30(25-8-5-6-18-34-25)37-33(31)36-24-16-12-21(2)13-17-24/h3,5-8,10-19,35,38,41H,4,9H2,1-2H3,(H,36,37)(H,39,40). The topological polar surface area (TPSA) is 128 Å². The number of anilines is 4. The average molecular weight is 547 g/mol. The van der Waals surface area contributed by atoms with Gasteiger partial charge in [0.05, 0.1) is 22.2 Å².